The monoisotopic (exact) mass is 386 g/mol. The van der Waals surface area contributed by atoms with Gasteiger partial charge in [-0.1, -0.05) is 11.6 Å². The van der Waals surface area contributed by atoms with E-state index in [0.29, 0.717) is 13.0 Å². The molecular weight excluding hydrogens is 375 g/mol. The lowest BCUT2D eigenvalue weighted by molar-refractivity contribution is 0.0774. The van der Waals surface area contributed by atoms with Crippen LogP contribution in [-0.4, -0.2) is 27.7 Å². The van der Waals surface area contributed by atoms with E-state index in [9.17, 15) is 12.8 Å². The van der Waals surface area contributed by atoms with Crippen molar-refractivity contribution in [1.82, 2.24) is 4.72 Å². The summed E-state index contributed by atoms with van der Waals surface area (Å²) in [6, 6.07) is 0.653. The summed E-state index contributed by atoms with van der Waals surface area (Å²) in [7, 11) is -4.04. The first kappa shape index (κ1) is 16.0. The van der Waals surface area contributed by atoms with Gasteiger partial charge in [0.05, 0.1) is 21.8 Å². The van der Waals surface area contributed by atoms with E-state index in [4.69, 9.17) is 22.1 Å². The van der Waals surface area contributed by atoms with Gasteiger partial charge in [0, 0.05) is 12.6 Å². The molecule has 1 fully saturated rings. The van der Waals surface area contributed by atoms with Gasteiger partial charge in [0.1, 0.15) is 4.90 Å². The summed E-state index contributed by atoms with van der Waals surface area (Å²) < 4.78 is 46.2. The summed E-state index contributed by atoms with van der Waals surface area (Å²) in [6.45, 7) is 0.865. The molecule has 1 aliphatic rings. The van der Waals surface area contributed by atoms with Crippen molar-refractivity contribution in [3.63, 3.8) is 0 Å². The van der Waals surface area contributed by atoms with E-state index in [2.05, 4.69) is 20.7 Å². The van der Waals surface area contributed by atoms with Gasteiger partial charge in [-0.05, 0) is 34.8 Å². The largest absolute Gasteiger partial charge is 0.395 e. The zero-order chi connectivity index (χ0) is 14.9. The topological polar surface area (TPSA) is 81.4 Å². The zero-order valence-corrected chi connectivity index (χ0v) is 13.5. The minimum absolute atomic E-state index is 0.0316. The van der Waals surface area contributed by atoms with E-state index in [1.807, 2.05) is 0 Å². The maximum Gasteiger partial charge on any atom is 0.243 e. The van der Waals surface area contributed by atoms with E-state index in [-0.39, 0.29) is 27.8 Å². The smallest absolute Gasteiger partial charge is 0.243 e. The molecule has 0 amide bonds. The number of ether oxygens (including phenoxy) is 1. The highest BCUT2D eigenvalue weighted by Crippen LogP contribution is 2.34. The van der Waals surface area contributed by atoms with Crippen LogP contribution in [-0.2, 0) is 14.8 Å². The molecule has 0 aromatic heterocycles. The van der Waals surface area contributed by atoms with Gasteiger partial charge in [-0.25, -0.2) is 17.5 Å². The molecule has 1 aliphatic heterocycles. The van der Waals surface area contributed by atoms with Crippen molar-refractivity contribution in [1.29, 1.82) is 0 Å². The Morgan fingerprint density at radius 3 is 2.85 bits per heavy atom. The SMILES string of the molecule is Nc1c(F)c(S(=O)(=O)NC2CCCOC2)cc(Cl)c1Br. The highest BCUT2D eigenvalue weighted by molar-refractivity contribution is 9.10. The van der Waals surface area contributed by atoms with Crippen LogP contribution in [0.2, 0.25) is 5.02 Å². The number of anilines is 1. The first-order valence-electron chi connectivity index (χ1n) is 5.86. The molecule has 5 nitrogen and oxygen atoms in total. The third-order valence-corrected chi connectivity index (χ3v) is 5.83. The van der Waals surface area contributed by atoms with Crippen LogP contribution in [0.15, 0.2) is 15.4 Å². The first-order chi connectivity index (χ1) is 9.33. The predicted octanol–water partition coefficient (Wildman–Crippen LogP) is 2.28. The molecule has 1 aromatic rings. The highest BCUT2D eigenvalue weighted by atomic mass is 79.9. The number of halogens is 3. The molecule has 1 atom stereocenters. The Morgan fingerprint density at radius 1 is 1.55 bits per heavy atom. The van der Waals surface area contributed by atoms with Crippen LogP contribution in [0.4, 0.5) is 10.1 Å². The lowest BCUT2D eigenvalue weighted by atomic mass is 10.1. The summed E-state index contributed by atoms with van der Waals surface area (Å²) >= 11 is 8.83. The number of nitrogens with two attached hydrogens (primary N) is 1. The van der Waals surface area contributed by atoms with Crippen molar-refractivity contribution in [3.05, 3.63) is 21.4 Å². The molecule has 112 valence electrons. The second kappa shape index (κ2) is 6.15. The Balaban J connectivity index is 2.34. The maximum atomic E-state index is 14.0. The number of sulfonamides is 1. The Morgan fingerprint density at radius 2 is 2.25 bits per heavy atom. The number of hydrogen-bond acceptors (Lipinski definition) is 4. The van der Waals surface area contributed by atoms with Gasteiger partial charge in [0.2, 0.25) is 10.0 Å². The molecule has 1 saturated heterocycles. The Bertz CT molecular complexity index is 621. The number of nitrogen functional groups attached to an aromatic ring is 1. The minimum atomic E-state index is -4.04. The van der Waals surface area contributed by atoms with Gasteiger partial charge in [-0.2, -0.15) is 0 Å². The van der Waals surface area contributed by atoms with E-state index in [1.165, 1.54) is 0 Å². The molecule has 1 heterocycles. The van der Waals surface area contributed by atoms with Gasteiger partial charge in [0.15, 0.2) is 5.82 Å². The van der Waals surface area contributed by atoms with Crippen molar-refractivity contribution in [3.8, 4) is 0 Å². The number of nitrogens with one attached hydrogen (secondary N) is 1. The van der Waals surface area contributed by atoms with Gasteiger partial charge in [0.25, 0.3) is 0 Å². The quantitative estimate of drug-likeness (QED) is 0.616. The highest BCUT2D eigenvalue weighted by Gasteiger charge is 2.27. The first-order valence-corrected chi connectivity index (χ1v) is 8.51. The summed E-state index contributed by atoms with van der Waals surface area (Å²) in [5.74, 6) is -1.02. The van der Waals surface area contributed by atoms with Crippen LogP contribution in [0.1, 0.15) is 12.8 Å². The van der Waals surface area contributed by atoms with E-state index in [1.54, 1.807) is 0 Å². The molecule has 20 heavy (non-hydrogen) atoms. The number of benzene rings is 1. The molecular formula is C11H13BrClFN2O3S. The number of rotatable bonds is 3. The van der Waals surface area contributed by atoms with Gasteiger partial charge in [-0.15, -0.1) is 0 Å². The molecule has 2 rings (SSSR count). The standard InChI is InChI=1S/C11H13BrClFN2O3S/c12-9-7(13)4-8(10(14)11(9)15)20(17,18)16-6-2-1-3-19-5-6/h4,6,16H,1-3,5,15H2. The lowest BCUT2D eigenvalue weighted by Gasteiger charge is -2.23. The molecule has 0 bridgehead atoms. The molecule has 0 spiro atoms. The van der Waals surface area contributed by atoms with Gasteiger partial charge >= 0.3 is 0 Å². The van der Waals surface area contributed by atoms with Crippen LogP contribution < -0.4 is 10.5 Å². The normalized spacial score (nSPS) is 20.1. The van der Waals surface area contributed by atoms with Crippen molar-refractivity contribution in [2.45, 2.75) is 23.8 Å². The molecule has 0 radical (unpaired) electrons. The lowest BCUT2D eigenvalue weighted by Crippen LogP contribution is -2.40. The average molecular weight is 388 g/mol. The van der Waals surface area contributed by atoms with Crippen LogP contribution in [0, 0.1) is 5.82 Å². The zero-order valence-electron chi connectivity index (χ0n) is 10.3. The predicted molar refractivity (Wildman–Crippen MR) is 77.7 cm³/mol. The molecule has 1 unspecified atom stereocenters. The van der Waals surface area contributed by atoms with Crippen molar-refractivity contribution >= 4 is 43.2 Å². The molecule has 9 heteroatoms. The van der Waals surface area contributed by atoms with Crippen molar-refractivity contribution < 1.29 is 17.5 Å². The summed E-state index contributed by atoms with van der Waals surface area (Å²) in [4.78, 5) is -0.561. The van der Waals surface area contributed by atoms with Crippen molar-refractivity contribution in [2.24, 2.45) is 0 Å². The number of hydrogen-bond donors (Lipinski definition) is 2. The fourth-order valence-electron chi connectivity index (χ4n) is 1.91. The Labute approximate surface area is 129 Å². The van der Waals surface area contributed by atoms with Gasteiger partial charge < -0.3 is 10.5 Å². The fourth-order valence-corrected chi connectivity index (χ4v) is 3.85. The third-order valence-electron chi connectivity index (χ3n) is 2.93. The summed E-state index contributed by atoms with van der Waals surface area (Å²) in [5.41, 5.74) is 5.15. The van der Waals surface area contributed by atoms with Crippen LogP contribution in [0.3, 0.4) is 0 Å². The van der Waals surface area contributed by atoms with Crippen LogP contribution >= 0.6 is 27.5 Å². The molecule has 3 N–H and O–H groups in total. The van der Waals surface area contributed by atoms with Crippen LogP contribution in [0.25, 0.3) is 0 Å². The minimum Gasteiger partial charge on any atom is -0.395 e. The van der Waals surface area contributed by atoms with Crippen molar-refractivity contribution in [2.75, 3.05) is 18.9 Å². The third kappa shape index (κ3) is 3.25. The second-order valence-electron chi connectivity index (χ2n) is 4.43. The molecule has 0 saturated carbocycles. The summed E-state index contributed by atoms with van der Waals surface area (Å²) in [5, 5.41) is 0.0316. The fraction of sp³-hybridized carbons (Fsp3) is 0.455. The summed E-state index contributed by atoms with van der Waals surface area (Å²) in [6.07, 6.45) is 1.39. The molecule has 0 aliphatic carbocycles. The average Bonchev–Trinajstić information content (AvgIpc) is 2.41. The van der Waals surface area contributed by atoms with E-state index >= 15 is 0 Å². The van der Waals surface area contributed by atoms with Crippen LogP contribution in [0.5, 0.6) is 0 Å². The Hall–Kier alpha value is -0.410. The second-order valence-corrected chi connectivity index (χ2v) is 7.32. The molecule has 1 aromatic carbocycles. The van der Waals surface area contributed by atoms with Gasteiger partial charge in [-0.3, -0.25) is 0 Å². The van der Waals surface area contributed by atoms with E-state index < -0.39 is 20.7 Å². The maximum absolute atomic E-state index is 14.0. The Kier molecular flexibility index (Phi) is 4.91. The van der Waals surface area contributed by atoms with E-state index in [0.717, 1.165) is 12.5 Å².